The number of anilines is 1. The summed E-state index contributed by atoms with van der Waals surface area (Å²) in [6, 6.07) is 10.6. The first-order valence-corrected chi connectivity index (χ1v) is 12.8. The van der Waals surface area contributed by atoms with E-state index in [1.165, 1.54) is 27.5 Å². The zero-order chi connectivity index (χ0) is 24.5. The van der Waals surface area contributed by atoms with E-state index in [-0.39, 0.29) is 47.6 Å². The lowest BCUT2D eigenvalue weighted by Crippen LogP contribution is -2.40. The molecule has 8 nitrogen and oxygen atoms in total. The highest BCUT2D eigenvalue weighted by Crippen LogP contribution is 2.32. The van der Waals surface area contributed by atoms with Crippen LogP contribution >= 0.6 is 0 Å². The molecule has 0 unspecified atom stereocenters. The lowest BCUT2D eigenvalue weighted by Gasteiger charge is -2.26. The normalized spacial score (nSPS) is 16.1. The predicted molar refractivity (Wildman–Crippen MR) is 126 cm³/mol. The van der Waals surface area contributed by atoms with Gasteiger partial charge in [-0.15, -0.1) is 0 Å². The van der Waals surface area contributed by atoms with Gasteiger partial charge in [0.2, 0.25) is 15.9 Å². The van der Waals surface area contributed by atoms with Gasteiger partial charge in [-0.1, -0.05) is 26.0 Å². The highest BCUT2D eigenvalue weighted by molar-refractivity contribution is 7.89. The van der Waals surface area contributed by atoms with Crippen LogP contribution in [0, 0.1) is 5.82 Å². The van der Waals surface area contributed by atoms with Crippen molar-refractivity contribution in [1.82, 2.24) is 9.31 Å². The standard InChI is InChI=1S/C24H27FN4O4S/c1-3-27(4-2)34(32,33)20-9-11-22-18(15-20)13-14-28(22)24(31)21-10-12-23(30)29(26-21)16-17-5-7-19(25)8-6-17/h5-9,11,15H,3-4,10,12-14,16H2,1-2H3. The number of nitrogens with zero attached hydrogens (tertiary/aromatic N) is 4. The van der Waals surface area contributed by atoms with E-state index in [1.54, 1.807) is 43.0 Å². The van der Waals surface area contributed by atoms with Gasteiger partial charge >= 0.3 is 0 Å². The Morgan fingerprint density at radius 1 is 1.06 bits per heavy atom. The topological polar surface area (TPSA) is 90.4 Å². The Kier molecular flexibility index (Phi) is 6.81. The molecule has 2 aliphatic rings. The van der Waals surface area contributed by atoms with Crippen molar-refractivity contribution < 1.29 is 22.4 Å². The van der Waals surface area contributed by atoms with Crippen LogP contribution in [0.5, 0.6) is 0 Å². The summed E-state index contributed by atoms with van der Waals surface area (Å²) in [6.07, 6.45) is 0.930. The van der Waals surface area contributed by atoms with Gasteiger partial charge in [-0.2, -0.15) is 9.41 Å². The molecular weight excluding hydrogens is 459 g/mol. The first-order valence-electron chi connectivity index (χ1n) is 11.3. The monoisotopic (exact) mass is 486 g/mol. The van der Waals surface area contributed by atoms with Crippen molar-refractivity contribution in [3.8, 4) is 0 Å². The van der Waals surface area contributed by atoms with Crippen molar-refractivity contribution in [3.05, 3.63) is 59.4 Å². The number of rotatable bonds is 7. The van der Waals surface area contributed by atoms with Crippen molar-refractivity contribution in [2.45, 2.75) is 44.6 Å². The summed E-state index contributed by atoms with van der Waals surface area (Å²) in [4.78, 5) is 27.4. The zero-order valence-corrected chi connectivity index (χ0v) is 20.0. The fourth-order valence-corrected chi connectivity index (χ4v) is 5.77. The van der Waals surface area contributed by atoms with E-state index in [4.69, 9.17) is 0 Å². The third-order valence-corrected chi connectivity index (χ3v) is 8.18. The molecule has 0 atom stereocenters. The predicted octanol–water partition coefficient (Wildman–Crippen LogP) is 2.92. The molecule has 2 heterocycles. The van der Waals surface area contributed by atoms with Gasteiger partial charge in [0.1, 0.15) is 11.5 Å². The second-order valence-electron chi connectivity index (χ2n) is 8.21. The van der Waals surface area contributed by atoms with E-state index in [1.807, 2.05) is 0 Å². The lowest BCUT2D eigenvalue weighted by atomic mass is 10.1. The molecule has 10 heteroatoms. The molecule has 2 aliphatic heterocycles. The molecule has 4 rings (SSSR count). The van der Waals surface area contributed by atoms with Crippen LogP contribution in [-0.4, -0.2) is 54.9 Å². The average Bonchev–Trinajstić information content (AvgIpc) is 3.25. The van der Waals surface area contributed by atoms with Crippen LogP contribution in [0.1, 0.15) is 37.8 Å². The third-order valence-electron chi connectivity index (χ3n) is 6.13. The number of benzene rings is 2. The van der Waals surface area contributed by atoms with Crippen molar-refractivity contribution in [3.63, 3.8) is 0 Å². The van der Waals surface area contributed by atoms with Crippen LogP contribution in [0.3, 0.4) is 0 Å². The maximum atomic E-state index is 13.3. The van der Waals surface area contributed by atoms with E-state index in [0.717, 1.165) is 5.56 Å². The Hall–Kier alpha value is -3.11. The lowest BCUT2D eigenvalue weighted by molar-refractivity contribution is -0.132. The Bertz CT molecular complexity index is 1240. The molecule has 0 aliphatic carbocycles. The molecule has 0 radical (unpaired) electrons. The summed E-state index contributed by atoms with van der Waals surface area (Å²) < 4.78 is 40.3. The van der Waals surface area contributed by atoms with Gasteiger partial charge in [-0.05, 0) is 47.9 Å². The number of hydrogen-bond donors (Lipinski definition) is 0. The molecular formula is C24H27FN4O4S. The smallest absolute Gasteiger partial charge is 0.274 e. The van der Waals surface area contributed by atoms with Gasteiger partial charge in [-0.3, -0.25) is 9.59 Å². The van der Waals surface area contributed by atoms with Crippen LogP contribution in [0.2, 0.25) is 0 Å². The number of amides is 2. The van der Waals surface area contributed by atoms with Crippen LogP contribution in [0.25, 0.3) is 0 Å². The molecule has 0 bridgehead atoms. The maximum Gasteiger partial charge on any atom is 0.274 e. The Morgan fingerprint density at radius 2 is 1.76 bits per heavy atom. The van der Waals surface area contributed by atoms with E-state index in [0.29, 0.717) is 37.3 Å². The van der Waals surface area contributed by atoms with Crippen molar-refractivity contribution in [2.24, 2.45) is 5.10 Å². The fraction of sp³-hybridized carbons (Fsp3) is 0.375. The quantitative estimate of drug-likeness (QED) is 0.602. The van der Waals surface area contributed by atoms with Crippen LogP contribution in [0.4, 0.5) is 10.1 Å². The van der Waals surface area contributed by atoms with Crippen molar-refractivity contribution >= 4 is 33.2 Å². The first-order chi connectivity index (χ1) is 16.2. The number of hydrogen-bond acceptors (Lipinski definition) is 5. The summed E-state index contributed by atoms with van der Waals surface area (Å²) in [5.74, 6) is -0.863. The molecule has 0 fully saturated rings. The largest absolute Gasteiger partial charge is 0.307 e. The van der Waals surface area contributed by atoms with E-state index in [9.17, 15) is 22.4 Å². The Labute approximate surface area is 198 Å². The fourth-order valence-electron chi connectivity index (χ4n) is 4.26. The minimum Gasteiger partial charge on any atom is -0.307 e. The zero-order valence-electron chi connectivity index (χ0n) is 19.2. The van der Waals surface area contributed by atoms with E-state index >= 15 is 0 Å². The first kappa shape index (κ1) is 24.0. The van der Waals surface area contributed by atoms with Crippen molar-refractivity contribution in [1.29, 1.82) is 0 Å². The molecule has 180 valence electrons. The second-order valence-corrected chi connectivity index (χ2v) is 10.1. The van der Waals surface area contributed by atoms with Gasteiger partial charge in [0.25, 0.3) is 5.91 Å². The number of hydrazone groups is 1. The summed E-state index contributed by atoms with van der Waals surface area (Å²) in [5.41, 5.74) is 2.43. The number of carbonyl (C=O) groups is 2. The Morgan fingerprint density at radius 3 is 2.44 bits per heavy atom. The summed E-state index contributed by atoms with van der Waals surface area (Å²) in [5, 5.41) is 5.56. The van der Waals surface area contributed by atoms with Crippen LogP contribution in [-0.2, 0) is 32.6 Å². The molecule has 0 spiro atoms. The molecule has 34 heavy (non-hydrogen) atoms. The van der Waals surface area contributed by atoms with Gasteiger partial charge < -0.3 is 4.90 Å². The number of carbonyl (C=O) groups excluding carboxylic acids is 2. The minimum absolute atomic E-state index is 0.152. The SMILES string of the molecule is CCN(CC)S(=O)(=O)c1ccc2c(c1)CCN2C(=O)C1=NN(Cc2ccc(F)cc2)C(=O)CC1. The average molecular weight is 487 g/mol. The van der Waals surface area contributed by atoms with E-state index < -0.39 is 10.0 Å². The van der Waals surface area contributed by atoms with Gasteiger partial charge in [-0.25, -0.2) is 17.8 Å². The number of sulfonamides is 1. The Balaban J connectivity index is 1.55. The molecule has 0 saturated carbocycles. The van der Waals surface area contributed by atoms with E-state index in [2.05, 4.69) is 5.10 Å². The second kappa shape index (κ2) is 9.63. The van der Waals surface area contributed by atoms with Gasteiger partial charge in [0.05, 0.1) is 11.4 Å². The number of halogens is 1. The summed E-state index contributed by atoms with van der Waals surface area (Å²) in [6.45, 7) is 4.92. The van der Waals surface area contributed by atoms with Crippen molar-refractivity contribution in [2.75, 3.05) is 24.5 Å². The highest BCUT2D eigenvalue weighted by Gasteiger charge is 2.33. The summed E-state index contributed by atoms with van der Waals surface area (Å²) >= 11 is 0. The molecule has 2 aromatic rings. The minimum atomic E-state index is -3.59. The highest BCUT2D eigenvalue weighted by atomic mass is 32.2. The van der Waals surface area contributed by atoms with Crippen LogP contribution < -0.4 is 4.90 Å². The molecule has 2 amide bonds. The maximum absolute atomic E-state index is 13.3. The summed E-state index contributed by atoms with van der Waals surface area (Å²) in [7, 11) is -3.59. The number of fused-ring (bicyclic) bond motifs is 1. The third kappa shape index (κ3) is 4.60. The van der Waals surface area contributed by atoms with Gasteiger partial charge in [0.15, 0.2) is 0 Å². The van der Waals surface area contributed by atoms with Gasteiger partial charge in [0, 0.05) is 38.2 Å². The molecule has 0 aromatic heterocycles. The van der Waals surface area contributed by atoms with Crippen LogP contribution in [0.15, 0.2) is 52.5 Å². The molecule has 0 saturated heterocycles. The molecule has 0 N–H and O–H groups in total. The molecule has 2 aromatic carbocycles.